The van der Waals surface area contributed by atoms with E-state index < -0.39 is 0 Å². The summed E-state index contributed by atoms with van der Waals surface area (Å²) in [7, 11) is 0. The summed E-state index contributed by atoms with van der Waals surface area (Å²) in [6, 6.07) is 8.83. The molecule has 0 atom stereocenters. The molecule has 0 bridgehead atoms. The number of hydrogen-bond donors (Lipinski definition) is 2. The van der Waals surface area contributed by atoms with Crippen LogP contribution in [0, 0.1) is 0 Å². The largest absolute Gasteiger partial charge is 0.349 e. The Kier molecular flexibility index (Phi) is 4.48. The molecule has 1 aromatic heterocycles. The summed E-state index contributed by atoms with van der Waals surface area (Å²) < 4.78 is 0. The van der Waals surface area contributed by atoms with Crippen LogP contribution in [0.2, 0.25) is 0 Å². The highest BCUT2D eigenvalue weighted by atomic mass is 32.1. The van der Waals surface area contributed by atoms with E-state index in [1.54, 1.807) is 35.6 Å². The van der Waals surface area contributed by atoms with E-state index >= 15 is 0 Å². The molecular weight excluding hydrogens is 298 g/mol. The van der Waals surface area contributed by atoms with Gasteiger partial charge in [0.2, 0.25) is 5.91 Å². The number of hydrogen-bond acceptors (Lipinski definition) is 4. The van der Waals surface area contributed by atoms with Gasteiger partial charge < -0.3 is 10.6 Å². The highest BCUT2D eigenvalue weighted by Crippen LogP contribution is 2.41. The number of amides is 2. The Morgan fingerprint density at radius 2 is 1.95 bits per heavy atom. The van der Waals surface area contributed by atoms with Gasteiger partial charge in [-0.2, -0.15) is 0 Å². The third kappa shape index (κ3) is 3.92. The van der Waals surface area contributed by atoms with Crippen molar-refractivity contribution < 1.29 is 9.59 Å². The van der Waals surface area contributed by atoms with Gasteiger partial charge in [0, 0.05) is 16.9 Å². The molecule has 1 fully saturated rings. The Morgan fingerprint density at radius 3 is 2.68 bits per heavy atom. The molecule has 0 spiro atoms. The van der Waals surface area contributed by atoms with Crippen molar-refractivity contribution in [3.8, 4) is 0 Å². The van der Waals surface area contributed by atoms with Crippen LogP contribution in [-0.4, -0.2) is 23.3 Å². The normalized spacial score (nSPS) is 13.6. The quantitative estimate of drug-likeness (QED) is 0.857. The van der Waals surface area contributed by atoms with Crippen molar-refractivity contribution in [3.63, 3.8) is 0 Å². The van der Waals surface area contributed by atoms with Crippen molar-refractivity contribution >= 4 is 23.2 Å². The molecule has 6 heteroatoms. The first-order chi connectivity index (χ1) is 10.7. The molecule has 0 radical (unpaired) electrons. The Bertz CT molecular complexity index is 665. The summed E-state index contributed by atoms with van der Waals surface area (Å²) in [6.07, 6.45) is 2.45. The number of nitrogens with zero attached hydrogens (tertiary/aromatic N) is 1. The van der Waals surface area contributed by atoms with Crippen molar-refractivity contribution in [1.29, 1.82) is 0 Å². The summed E-state index contributed by atoms with van der Waals surface area (Å²) in [5, 5.41) is 8.52. The SMILES string of the molecule is O=C(CNC(=O)c1ccccc1)NCc1csc(C2CC2)n1. The molecule has 5 nitrogen and oxygen atoms in total. The molecule has 2 amide bonds. The Morgan fingerprint density at radius 1 is 1.18 bits per heavy atom. The second kappa shape index (κ2) is 6.70. The summed E-state index contributed by atoms with van der Waals surface area (Å²) >= 11 is 1.66. The van der Waals surface area contributed by atoms with Gasteiger partial charge in [0.25, 0.3) is 5.91 Å². The first-order valence-electron chi connectivity index (χ1n) is 7.26. The van der Waals surface area contributed by atoms with Gasteiger partial charge in [-0.1, -0.05) is 18.2 Å². The van der Waals surface area contributed by atoms with Crippen molar-refractivity contribution in [2.45, 2.75) is 25.3 Å². The van der Waals surface area contributed by atoms with Crippen molar-refractivity contribution in [1.82, 2.24) is 15.6 Å². The average molecular weight is 315 g/mol. The Balaban J connectivity index is 1.41. The molecule has 3 rings (SSSR count). The molecule has 1 heterocycles. The van der Waals surface area contributed by atoms with Crippen LogP contribution in [0.1, 0.15) is 39.8 Å². The zero-order chi connectivity index (χ0) is 15.4. The van der Waals surface area contributed by atoms with Crippen LogP contribution >= 0.6 is 11.3 Å². The van der Waals surface area contributed by atoms with E-state index in [1.807, 2.05) is 11.4 Å². The molecule has 1 aromatic carbocycles. The number of carbonyl (C=O) groups is 2. The minimum absolute atomic E-state index is 0.0344. The van der Waals surface area contributed by atoms with Gasteiger partial charge in [-0.25, -0.2) is 4.98 Å². The number of nitrogens with one attached hydrogen (secondary N) is 2. The van der Waals surface area contributed by atoms with Gasteiger partial charge in [0.15, 0.2) is 0 Å². The molecule has 0 aliphatic heterocycles. The Hall–Kier alpha value is -2.21. The van der Waals surface area contributed by atoms with Crippen LogP contribution in [0.4, 0.5) is 0 Å². The maximum Gasteiger partial charge on any atom is 0.251 e. The summed E-state index contributed by atoms with van der Waals surface area (Å²) in [5.41, 5.74) is 1.43. The first kappa shape index (κ1) is 14.7. The fourth-order valence-electron chi connectivity index (χ4n) is 2.03. The van der Waals surface area contributed by atoms with Gasteiger partial charge in [-0.3, -0.25) is 9.59 Å². The van der Waals surface area contributed by atoms with E-state index in [0.29, 0.717) is 18.0 Å². The average Bonchev–Trinajstić information content (AvgIpc) is 3.30. The second-order valence-corrected chi connectivity index (χ2v) is 6.17. The van der Waals surface area contributed by atoms with E-state index in [-0.39, 0.29) is 18.4 Å². The highest BCUT2D eigenvalue weighted by molar-refractivity contribution is 7.09. The summed E-state index contributed by atoms with van der Waals surface area (Å²) in [6.45, 7) is 0.372. The summed E-state index contributed by atoms with van der Waals surface area (Å²) in [4.78, 5) is 28.1. The van der Waals surface area contributed by atoms with E-state index in [4.69, 9.17) is 0 Å². The van der Waals surface area contributed by atoms with E-state index in [9.17, 15) is 9.59 Å². The lowest BCUT2D eigenvalue weighted by Gasteiger charge is -2.06. The maximum absolute atomic E-state index is 11.8. The molecule has 1 aliphatic carbocycles. The molecular formula is C16H17N3O2S. The lowest BCUT2D eigenvalue weighted by Crippen LogP contribution is -2.36. The minimum atomic E-state index is -0.250. The van der Waals surface area contributed by atoms with E-state index in [0.717, 1.165) is 5.69 Å². The fraction of sp³-hybridized carbons (Fsp3) is 0.312. The first-order valence-corrected chi connectivity index (χ1v) is 8.14. The molecule has 0 unspecified atom stereocenters. The van der Waals surface area contributed by atoms with E-state index in [2.05, 4.69) is 15.6 Å². The van der Waals surface area contributed by atoms with Gasteiger partial charge >= 0.3 is 0 Å². The van der Waals surface area contributed by atoms with Crippen LogP contribution in [0.3, 0.4) is 0 Å². The van der Waals surface area contributed by atoms with Gasteiger partial charge in [-0.15, -0.1) is 11.3 Å². The highest BCUT2D eigenvalue weighted by Gasteiger charge is 2.26. The van der Waals surface area contributed by atoms with Crippen LogP contribution in [0.5, 0.6) is 0 Å². The number of carbonyl (C=O) groups excluding carboxylic acids is 2. The van der Waals surface area contributed by atoms with Crippen molar-refractivity contribution in [3.05, 3.63) is 52.0 Å². The minimum Gasteiger partial charge on any atom is -0.349 e. The van der Waals surface area contributed by atoms with Gasteiger partial charge in [0.05, 0.1) is 23.8 Å². The molecule has 1 aliphatic rings. The number of benzene rings is 1. The lowest BCUT2D eigenvalue weighted by molar-refractivity contribution is -0.120. The van der Waals surface area contributed by atoms with Crippen LogP contribution < -0.4 is 10.6 Å². The Labute approximate surface area is 132 Å². The molecule has 2 aromatic rings. The molecule has 2 N–H and O–H groups in total. The predicted molar refractivity (Wildman–Crippen MR) is 84.7 cm³/mol. The molecule has 22 heavy (non-hydrogen) atoms. The molecule has 1 saturated carbocycles. The second-order valence-electron chi connectivity index (χ2n) is 5.28. The van der Waals surface area contributed by atoms with Gasteiger partial charge in [0.1, 0.15) is 0 Å². The fourth-order valence-corrected chi connectivity index (χ4v) is 3.02. The smallest absolute Gasteiger partial charge is 0.251 e. The summed E-state index contributed by atoms with van der Waals surface area (Å²) in [5.74, 6) is 0.172. The molecule has 0 saturated heterocycles. The third-order valence-corrected chi connectivity index (χ3v) is 4.46. The van der Waals surface area contributed by atoms with Crippen molar-refractivity contribution in [2.24, 2.45) is 0 Å². The standard InChI is InChI=1S/C16H17N3O2S/c20-14(9-18-15(21)11-4-2-1-3-5-11)17-8-13-10-22-16(19-13)12-6-7-12/h1-5,10,12H,6-9H2,(H,17,20)(H,18,21). The monoisotopic (exact) mass is 315 g/mol. The molecule has 114 valence electrons. The van der Waals surface area contributed by atoms with E-state index in [1.165, 1.54) is 17.8 Å². The van der Waals surface area contributed by atoms with Crippen LogP contribution in [-0.2, 0) is 11.3 Å². The third-order valence-electron chi connectivity index (χ3n) is 3.41. The zero-order valence-electron chi connectivity index (χ0n) is 12.0. The maximum atomic E-state index is 11.8. The number of thiazole rings is 1. The van der Waals surface area contributed by atoms with Crippen LogP contribution in [0.25, 0.3) is 0 Å². The van der Waals surface area contributed by atoms with Crippen molar-refractivity contribution in [2.75, 3.05) is 6.54 Å². The number of aromatic nitrogens is 1. The van der Waals surface area contributed by atoms with Gasteiger partial charge in [-0.05, 0) is 25.0 Å². The van der Waals surface area contributed by atoms with Crippen LogP contribution in [0.15, 0.2) is 35.7 Å². The lowest BCUT2D eigenvalue weighted by atomic mass is 10.2. The zero-order valence-corrected chi connectivity index (χ0v) is 12.9. The predicted octanol–water partition coefficient (Wildman–Crippen LogP) is 2.07. The topological polar surface area (TPSA) is 71.1 Å². The number of rotatable bonds is 6.